The molecular weight excluding hydrogens is 322 g/mol. The van der Waals surface area contributed by atoms with Crippen LogP contribution in [0.1, 0.15) is 34.5 Å². The Kier molecular flexibility index (Phi) is 4.11. The predicted molar refractivity (Wildman–Crippen MR) is 104 cm³/mol. The first-order valence-corrected chi connectivity index (χ1v) is 9.03. The van der Waals surface area contributed by atoms with Crippen LogP contribution in [0, 0.1) is 13.8 Å². The number of aryl methyl sites for hydroxylation is 2. The van der Waals surface area contributed by atoms with Crippen LogP contribution in [0.4, 0.5) is 5.69 Å². The van der Waals surface area contributed by atoms with E-state index >= 15 is 0 Å². The van der Waals surface area contributed by atoms with Crippen molar-refractivity contribution < 1.29 is 4.79 Å². The molecule has 1 aliphatic carbocycles. The highest BCUT2D eigenvalue weighted by Crippen LogP contribution is 2.37. The molecule has 132 valence electrons. The van der Waals surface area contributed by atoms with Crippen molar-refractivity contribution in [2.24, 2.45) is 7.05 Å². The first kappa shape index (κ1) is 16.6. The average molecular weight is 345 g/mol. The van der Waals surface area contributed by atoms with Crippen LogP contribution in [-0.4, -0.2) is 15.7 Å². The van der Waals surface area contributed by atoms with Gasteiger partial charge in [-0.15, -0.1) is 0 Å². The third kappa shape index (κ3) is 2.92. The molecule has 1 heterocycles. The van der Waals surface area contributed by atoms with Gasteiger partial charge in [0.1, 0.15) is 0 Å². The van der Waals surface area contributed by atoms with Gasteiger partial charge in [-0.3, -0.25) is 9.48 Å². The molecule has 26 heavy (non-hydrogen) atoms. The number of hydrogen-bond donors (Lipinski definition) is 1. The van der Waals surface area contributed by atoms with Crippen LogP contribution in [0.5, 0.6) is 0 Å². The average Bonchev–Trinajstić information content (AvgIpc) is 3.10. The summed E-state index contributed by atoms with van der Waals surface area (Å²) in [6.07, 6.45) is 2.11. The quantitative estimate of drug-likeness (QED) is 0.603. The molecule has 1 aromatic heterocycles. The standard InChI is InChI=1S/C22H23N3O/c1-14-19(15(2)25(3)24-14)10-11-22(26)23-18-8-9-21-17(13-18)12-16-6-4-5-7-20(16)21/h4-9,13H,10-12H2,1-3H3,(H,23,26). The summed E-state index contributed by atoms with van der Waals surface area (Å²) < 4.78 is 1.88. The van der Waals surface area contributed by atoms with E-state index in [1.807, 2.05) is 31.6 Å². The van der Waals surface area contributed by atoms with E-state index in [1.165, 1.54) is 27.8 Å². The lowest BCUT2D eigenvalue weighted by Gasteiger charge is -2.08. The third-order valence-electron chi connectivity index (χ3n) is 5.34. The van der Waals surface area contributed by atoms with Crippen molar-refractivity contribution in [3.05, 3.63) is 70.5 Å². The molecule has 3 aromatic rings. The fraction of sp³-hybridized carbons (Fsp3) is 0.273. The lowest BCUT2D eigenvalue weighted by Crippen LogP contribution is -2.13. The van der Waals surface area contributed by atoms with Gasteiger partial charge in [-0.1, -0.05) is 30.3 Å². The summed E-state index contributed by atoms with van der Waals surface area (Å²) in [6.45, 7) is 4.05. The van der Waals surface area contributed by atoms with Crippen molar-refractivity contribution in [3.63, 3.8) is 0 Å². The number of aromatic nitrogens is 2. The predicted octanol–water partition coefficient (Wildman–Crippen LogP) is 4.18. The van der Waals surface area contributed by atoms with Gasteiger partial charge < -0.3 is 5.32 Å². The molecule has 0 fully saturated rings. The molecule has 1 aliphatic rings. The van der Waals surface area contributed by atoms with Gasteiger partial charge in [-0.25, -0.2) is 0 Å². The molecule has 4 heteroatoms. The van der Waals surface area contributed by atoms with Gasteiger partial charge in [0.05, 0.1) is 5.69 Å². The van der Waals surface area contributed by atoms with Gasteiger partial charge in [0.25, 0.3) is 0 Å². The van der Waals surface area contributed by atoms with Gasteiger partial charge in [0.15, 0.2) is 0 Å². The number of hydrogen-bond acceptors (Lipinski definition) is 2. The zero-order chi connectivity index (χ0) is 18.3. The number of carbonyl (C=O) groups excluding carboxylic acids is 1. The molecule has 0 bridgehead atoms. The summed E-state index contributed by atoms with van der Waals surface area (Å²) in [5.74, 6) is 0.0446. The Balaban J connectivity index is 1.43. The Morgan fingerprint density at radius 2 is 1.88 bits per heavy atom. The van der Waals surface area contributed by atoms with E-state index in [4.69, 9.17) is 0 Å². The van der Waals surface area contributed by atoms with Crippen LogP contribution < -0.4 is 5.32 Å². The number of fused-ring (bicyclic) bond motifs is 3. The van der Waals surface area contributed by atoms with E-state index in [1.54, 1.807) is 0 Å². The second-order valence-electron chi connectivity index (χ2n) is 7.03. The summed E-state index contributed by atoms with van der Waals surface area (Å²) in [4.78, 5) is 12.4. The Morgan fingerprint density at radius 1 is 1.12 bits per heavy atom. The fourth-order valence-electron chi connectivity index (χ4n) is 3.86. The van der Waals surface area contributed by atoms with Crippen LogP contribution in [0.25, 0.3) is 11.1 Å². The van der Waals surface area contributed by atoms with E-state index in [-0.39, 0.29) is 5.91 Å². The van der Waals surface area contributed by atoms with Gasteiger partial charge in [-0.05, 0) is 66.6 Å². The number of carbonyl (C=O) groups is 1. The van der Waals surface area contributed by atoms with Crippen LogP contribution >= 0.6 is 0 Å². The number of anilines is 1. The van der Waals surface area contributed by atoms with Gasteiger partial charge >= 0.3 is 0 Å². The summed E-state index contributed by atoms with van der Waals surface area (Å²) in [5, 5.41) is 7.46. The maximum atomic E-state index is 12.4. The van der Waals surface area contributed by atoms with E-state index in [9.17, 15) is 4.79 Å². The lowest BCUT2D eigenvalue weighted by molar-refractivity contribution is -0.116. The topological polar surface area (TPSA) is 46.9 Å². The van der Waals surface area contributed by atoms with Crippen LogP contribution in [0.3, 0.4) is 0 Å². The van der Waals surface area contributed by atoms with E-state index < -0.39 is 0 Å². The third-order valence-corrected chi connectivity index (χ3v) is 5.34. The molecule has 1 N–H and O–H groups in total. The first-order chi connectivity index (χ1) is 12.5. The molecule has 0 atom stereocenters. The molecular formula is C22H23N3O. The van der Waals surface area contributed by atoms with Crippen molar-refractivity contribution in [2.45, 2.75) is 33.1 Å². The summed E-state index contributed by atoms with van der Waals surface area (Å²) >= 11 is 0. The largest absolute Gasteiger partial charge is 0.326 e. The molecule has 2 aromatic carbocycles. The highest BCUT2D eigenvalue weighted by Gasteiger charge is 2.18. The van der Waals surface area contributed by atoms with E-state index in [0.29, 0.717) is 12.8 Å². The number of nitrogens with one attached hydrogen (secondary N) is 1. The number of nitrogens with zero attached hydrogens (tertiary/aromatic N) is 2. The maximum absolute atomic E-state index is 12.4. The number of amides is 1. The molecule has 0 spiro atoms. The Hall–Kier alpha value is -2.88. The van der Waals surface area contributed by atoms with Crippen LogP contribution in [-0.2, 0) is 24.7 Å². The molecule has 0 unspecified atom stereocenters. The monoisotopic (exact) mass is 345 g/mol. The van der Waals surface area contributed by atoms with Gasteiger partial charge in [-0.2, -0.15) is 5.10 Å². The van der Waals surface area contributed by atoms with Crippen LogP contribution in [0.15, 0.2) is 42.5 Å². The molecule has 0 saturated carbocycles. The molecule has 4 rings (SSSR count). The number of rotatable bonds is 4. The van der Waals surface area contributed by atoms with Crippen molar-refractivity contribution in [3.8, 4) is 11.1 Å². The smallest absolute Gasteiger partial charge is 0.224 e. The normalized spacial score (nSPS) is 12.0. The second kappa shape index (κ2) is 6.45. The Bertz CT molecular complexity index is 1000. The van der Waals surface area contributed by atoms with Crippen molar-refractivity contribution >= 4 is 11.6 Å². The van der Waals surface area contributed by atoms with E-state index in [0.717, 1.165) is 23.5 Å². The summed E-state index contributed by atoms with van der Waals surface area (Å²) in [6, 6.07) is 14.7. The number of benzene rings is 2. The summed E-state index contributed by atoms with van der Waals surface area (Å²) in [7, 11) is 1.94. The van der Waals surface area contributed by atoms with Crippen molar-refractivity contribution in [1.29, 1.82) is 0 Å². The fourth-order valence-corrected chi connectivity index (χ4v) is 3.86. The molecule has 0 saturated heterocycles. The molecule has 4 nitrogen and oxygen atoms in total. The zero-order valence-corrected chi connectivity index (χ0v) is 15.5. The van der Waals surface area contributed by atoms with Crippen molar-refractivity contribution in [1.82, 2.24) is 9.78 Å². The highest BCUT2D eigenvalue weighted by molar-refractivity contribution is 5.92. The zero-order valence-electron chi connectivity index (χ0n) is 15.5. The Labute approximate surface area is 153 Å². The molecule has 0 aliphatic heterocycles. The molecule has 1 amide bonds. The van der Waals surface area contributed by atoms with Gasteiger partial charge in [0.2, 0.25) is 5.91 Å². The maximum Gasteiger partial charge on any atom is 0.224 e. The lowest BCUT2D eigenvalue weighted by atomic mass is 10.1. The first-order valence-electron chi connectivity index (χ1n) is 9.03. The Morgan fingerprint density at radius 3 is 2.65 bits per heavy atom. The van der Waals surface area contributed by atoms with Crippen molar-refractivity contribution in [2.75, 3.05) is 5.32 Å². The minimum absolute atomic E-state index is 0.0446. The minimum atomic E-state index is 0.0446. The minimum Gasteiger partial charge on any atom is -0.326 e. The van der Waals surface area contributed by atoms with E-state index in [2.05, 4.69) is 46.8 Å². The van der Waals surface area contributed by atoms with Gasteiger partial charge in [0, 0.05) is 24.8 Å². The molecule has 0 radical (unpaired) electrons. The van der Waals surface area contributed by atoms with Crippen LogP contribution in [0.2, 0.25) is 0 Å². The highest BCUT2D eigenvalue weighted by atomic mass is 16.1. The SMILES string of the molecule is Cc1nn(C)c(C)c1CCC(=O)Nc1ccc2c(c1)Cc1ccccc1-2. The summed E-state index contributed by atoms with van der Waals surface area (Å²) in [5.41, 5.74) is 9.41. The second-order valence-corrected chi connectivity index (χ2v) is 7.03.